The Labute approximate surface area is 142 Å². The molecule has 5 heteroatoms. The summed E-state index contributed by atoms with van der Waals surface area (Å²) < 4.78 is 5.50. The smallest absolute Gasteiger partial charge is 0.410 e. The Bertz CT molecular complexity index is 356. The number of hydrogen-bond donors (Lipinski definition) is 1. The summed E-state index contributed by atoms with van der Waals surface area (Å²) >= 11 is 0. The van der Waals surface area contributed by atoms with E-state index in [1.165, 1.54) is 12.8 Å². The summed E-state index contributed by atoms with van der Waals surface area (Å²) in [6.07, 6.45) is 2.16. The summed E-state index contributed by atoms with van der Waals surface area (Å²) in [7, 11) is 0. The molecular formula is C18H37N3O2. The highest BCUT2D eigenvalue weighted by Crippen LogP contribution is 2.14. The number of nitrogens with one attached hydrogen (secondary N) is 1. The molecule has 1 rings (SSSR count). The van der Waals surface area contributed by atoms with E-state index in [4.69, 9.17) is 4.74 Å². The molecule has 0 saturated carbocycles. The fraction of sp³-hybridized carbons (Fsp3) is 0.944. The lowest BCUT2D eigenvalue weighted by Crippen LogP contribution is -2.48. The van der Waals surface area contributed by atoms with Crippen molar-refractivity contribution >= 4 is 6.09 Å². The van der Waals surface area contributed by atoms with Gasteiger partial charge in [-0.05, 0) is 74.4 Å². The highest BCUT2D eigenvalue weighted by molar-refractivity contribution is 5.68. The van der Waals surface area contributed by atoms with Crippen LogP contribution in [0.2, 0.25) is 0 Å². The molecule has 1 aliphatic rings. The Kier molecular flexibility index (Phi) is 7.81. The molecule has 0 unspecified atom stereocenters. The van der Waals surface area contributed by atoms with Crippen molar-refractivity contribution in [1.29, 1.82) is 0 Å². The second-order valence-electron chi connectivity index (χ2n) is 8.13. The van der Waals surface area contributed by atoms with E-state index in [2.05, 4.69) is 24.1 Å². The highest BCUT2D eigenvalue weighted by Gasteiger charge is 2.25. The van der Waals surface area contributed by atoms with Gasteiger partial charge < -0.3 is 19.9 Å². The predicted molar refractivity (Wildman–Crippen MR) is 95.8 cm³/mol. The maximum absolute atomic E-state index is 12.3. The molecule has 1 heterocycles. The van der Waals surface area contributed by atoms with Gasteiger partial charge in [0.15, 0.2) is 0 Å². The van der Waals surface area contributed by atoms with E-state index in [-0.39, 0.29) is 12.1 Å². The average molecular weight is 328 g/mol. The molecule has 0 spiro atoms. The van der Waals surface area contributed by atoms with Gasteiger partial charge in [-0.2, -0.15) is 0 Å². The summed E-state index contributed by atoms with van der Waals surface area (Å²) in [6.45, 7) is 18.1. The molecule has 1 amide bonds. The lowest BCUT2D eigenvalue weighted by molar-refractivity contribution is 0.0190. The molecule has 23 heavy (non-hydrogen) atoms. The van der Waals surface area contributed by atoms with Crippen LogP contribution >= 0.6 is 0 Å². The van der Waals surface area contributed by atoms with Crippen LogP contribution in [0.4, 0.5) is 4.79 Å². The van der Waals surface area contributed by atoms with Gasteiger partial charge in [0.2, 0.25) is 0 Å². The minimum absolute atomic E-state index is 0.148. The second kappa shape index (κ2) is 8.88. The van der Waals surface area contributed by atoms with Gasteiger partial charge in [0.25, 0.3) is 0 Å². The zero-order valence-electron chi connectivity index (χ0n) is 16.2. The third kappa shape index (κ3) is 7.53. The van der Waals surface area contributed by atoms with Gasteiger partial charge in [-0.3, -0.25) is 0 Å². The lowest BCUT2D eigenvalue weighted by atomic mass is 10.0. The Hall–Kier alpha value is -0.810. The molecule has 0 radical (unpaired) electrons. The van der Waals surface area contributed by atoms with Crippen molar-refractivity contribution in [3.05, 3.63) is 0 Å². The minimum atomic E-state index is -0.443. The predicted octanol–water partition coefficient (Wildman–Crippen LogP) is 3.09. The van der Waals surface area contributed by atoms with Crippen molar-refractivity contribution in [1.82, 2.24) is 15.1 Å². The molecule has 0 aromatic rings. The monoisotopic (exact) mass is 327 g/mol. The zero-order chi connectivity index (χ0) is 17.6. The zero-order valence-corrected chi connectivity index (χ0v) is 16.2. The molecule has 1 aliphatic heterocycles. The number of piperidine rings is 1. The largest absolute Gasteiger partial charge is 0.444 e. The minimum Gasteiger partial charge on any atom is -0.444 e. The molecule has 1 fully saturated rings. The van der Waals surface area contributed by atoms with Crippen LogP contribution in [0, 0.1) is 0 Å². The van der Waals surface area contributed by atoms with Crippen molar-refractivity contribution in [2.75, 3.05) is 26.2 Å². The van der Waals surface area contributed by atoms with E-state index in [1.54, 1.807) is 0 Å². The molecule has 0 aliphatic carbocycles. The van der Waals surface area contributed by atoms with Crippen molar-refractivity contribution in [2.24, 2.45) is 0 Å². The van der Waals surface area contributed by atoms with Gasteiger partial charge in [0.1, 0.15) is 5.60 Å². The Morgan fingerprint density at radius 3 is 2.22 bits per heavy atom. The summed E-state index contributed by atoms with van der Waals surface area (Å²) in [5.74, 6) is 0. The maximum Gasteiger partial charge on any atom is 0.410 e. The third-order valence-corrected chi connectivity index (χ3v) is 4.30. The van der Waals surface area contributed by atoms with E-state index in [0.29, 0.717) is 18.6 Å². The second-order valence-corrected chi connectivity index (χ2v) is 8.13. The molecular weight excluding hydrogens is 290 g/mol. The first-order valence-corrected chi connectivity index (χ1v) is 9.07. The van der Waals surface area contributed by atoms with Crippen LogP contribution in [-0.2, 0) is 4.74 Å². The highest BCUT2D eigenvalue weighted by atomic mass is 16.6. The molecule has 0 aromatic carbocycles. The molecule has 0 aromatic heterocycles. The molecule has 1 N–H and O–H groups in total. The summed E-state index contributed by atoms with van der Waals surface area (Å²) in [5, 5.41) is 3.61. The van der Waals surface area contributed by atoms with Crippen molar-refractivity contribution in [3.8, 4) is 0 Å². The first-order chi connectivity index (χ1) is 10.6. The third-order valence-electron chi connectivity index (χ3n) is 4.30. The van der Waals surface area contributed by atoms with Gasteiger partial charge in [0.05, 0.1) is 0 Å². The van der Waals surface area contributed by atoms with Gasteiger partial charge >= 0.3 is 6.09 Å². The van der Waals surface area contributed by atoms with Crippen LogP contribution in [-0.4, -0.2) is 65.8 Å². The molecule has 136 valence electrons. The number of nitrogens with zero attached hydrogens (tertiary/aromatic N) is 2. The lowest BCUT2D eigenvalue weighted by Gasteiger charge is -2.35. The number of rotatable bonds is 6. The quantitative estimate of drug-likeness (QED) is 0.814. The van der Waals surface area contributed by atoms with Crippen LogP contribution in [0.1, 0.15) is 61.3 Å². The van der Waals surface area contributed by atoms with Gasteiger partial charge in [0, 0.05) is 31.2 Å². The van der Waals surface area contributed by atoms with Gasteiger partial charge in [-0.1, -0.05) is 0 Å². The van der Waals surface area contributed by atoms with E-state index < -0.39 is 5.60 Å². The number of carbonyl (C=O) groups excluding carboxylic acids is 1. The Morgan fingerprint density at radius 2 is 1.78 bits per heavy atom. The van der Waals surface area contributed by atoms with Crippen molar-refractivity contribution in [2.45, 2.75) is 85.0 Å². The van der Waals surface area contributed by atoms with E-state index in [9.17, 15) is 4.79 Å². The number of carbonyl (C=O) groups is 1. The van der Waals surface area contributed by atoms with Crippen molar-refractivity contribution in [3.63, 3.8) is 0 Å². The van der Waals surface area contributed by atoms with Crippen LogP contribution in [0.15, 0.2) is 0 Å². The van der Waals surface area contributed by atoms with E-state index >= 15 is 0 Å². The summed E-state index contributed by atoms with van der Waals surface area (Å²) in [6, 6.07) is 1.35. The van der Waals surface area contributed by atoms with Crippen molar-refractivity contribution < 1.29 is 9.53 Å². The van der Waals surface area contributed by atoms with Gasteiger partial charge in [-0.15, -0.1) is 0 Å². The first kappa shape index (κ1) is 20.2. The Morgan fingerprint density at radius 1 is 1.22 bits per heavy atom. The summed E-state index contributed by atoms with van der Waals surface area (Å²) in [4.78, 5) is 16.6. The van der Waals surface area contributed by atoms with E-state index in [1.807, 2.05) is 39.5 Å². The normalized spacial score (nSPS) is 17.8. The van der Waals surface area contributed by atoms with Crippen LogP contribution in [0.5, 0.6) is 0 Å². The first-order valence-electron chi connectivity index (χ1n) is 9.07. The van der Waals surface area contributed by atoms with E-state index in [0.717, 1.165) is 19.6 Å². The molecule has 5 nitrogen and oxygen atoms in total. The van der Waals surface area contributed by atoms with Crippen LogP contribution in [0.3, 0.4) is 0 Å². The number of hydrogen-bond acceptors (Lipinski definition) is 4. The van der Waals surface area contributed by atoms with Crippen LogP contribution in [0.25, 0.3) is 0 Å². The number of amides is 1. The fourth-order valence-corrected chi connectivity index (χ4v) is 2.89. The Balaban J connectivity index is 2.35. The standard InChI is InChI=1S/C18H37N3O2/c1-14(2)20-11-8-16(9-12-20)19-10-13-21(15(3)4)17(22)23-18(5,6)7/h14-16,19H,8-13H2,1-7H3. The fourth-order valence-electron chi connectivity index (χ4n) is 2.89. The number of likely N-dealkylation sites (tertiary alicyclic amines) is 1. The summed E-state index contributed by atoms with van der Waals surface area (Å²) in [5.41, 5.74) is -0.443. The molecule has 0 atom stereocenters. The number of ether oxygens (including phenoxy) is 1. The molecule has 1 saturated heterocycles. The van der Waals surface area contributed by atoms with Gasteiger partial charge in [-0.25, -0.2) is 4.79 Å². The molecule has 0 bridgehead atoms. The maximum atomic E-state index is 12.3. The SMILES string of the molecule is CC(C)N1CCC(NCCN(C(=O)OC(C)(C)C)C(C)C)CC1. The topological polar surface area (TPSA) is 44.8 Å². The average Bonchev–Trinajstić information content (AvgIpc) is 2.41. The van der Waals surface area contributed by atoms with Crippen LogP contribution < -0.4 is 5.32 Å².